The standard InChI is InChI=1S/C19H16FN3O5/c20-12-4-3-5-13(10-12)21-16(25)11-28-19(27)17-14-6-1-2-7-15(14)18(26)23(22-17)8-9-24/h1-7,10,24H,8-9,11H2,(H,21,25). The Balaban J connectivity index is 1.78. The van der Waals surface area contributed by atoms with Gasteiger partial charge < -0.3 is 15.2 Å². The van der Waals surface area contributed by atoms with Crippen molar-refractivity contribution in [3.05, 3.63) is 70.4 Å². The third-order valence-electron chi connectivity index (χ3n) is 3.82. The number of nitrogens with zero attached hydrogens (tertiary/aromatic N) is 2. The summed E-state index contributed by atoms with van der Waals surface area (Å²) in [4.78, 5) is 36.7. The van der Waals surface area contributed by atoms with E-state index in [4.69, 9.17) is 9.84 Å². The minimum Gasteiger partial charge on any atom is -0.451 e. The number of hydrogen-bond acceptors (Lipinski definition) is 6. The molecule has 0 saturated heterocycles. The summed E-state index contributed by atoms with van der Waals surface area (Å²) in [6.45, 7) is -1.05. The van der Waals surface area contributed by atoms with Gasteiger partial charge in [-0.25, -0.2) is 13.9 Å². The molecule has 2 N–H and O–H groups in total. The number of amides is 1. The second kappa shape index (κ2) is 8.40. The van der Waals surface area contributed by atoms with Crippen molar-refractivity contribution in [3.63, 3.8) is 0 Å². The molecule has 3 rings (SSSR count). The van der Waals surface area contributed by atoms with Crippen molar-refractivity contribution in [3.8, 4) is 0 Å². The van der Waals surface area contributed by atoms with Crippen LogP contribution in [0.5, 0.6) is 0 Å². The Hall–Kier alpha value is -3.59. The largest absolute Gasteiger partial charge is 0.451 e. The minimum absolute atomic E-state index is 0.0932. The Labute approximate surface area is 158 Å². The zero-order valence-corrected chi connectivity index (χ0v) is 14.6. The summed E-state index contributed by atoms with van der Waals surface area (Å²) in [6.07, 6.45) is 0. The number of anilines is 1. The summed E-state index contributed by atoms with van der Waals surface area (Å²) >= 11 is 0. The van der Waals surface area contributed by atoms with Crippen LogP contribution in [0, 0.1) is 5.82 Å². The van der Waals surface area contributed by atoms with Crippen molar-refractivity contribution in [2.24, 2.45) is 0 Å². The average molecular weight is 385 g/mol. The van der Waals surface area contributed by atoms with E-state index < -0.39 is 29.9 Å². The predicted molar refractivity (Wildman–Crippen MR) is 98.4 cm³/mol. The minimum atomic E-state index is -0.905. The van der Waals surface area contributed by atoms with E-state index in [1.54, 1.807) is 12.1 Å². The molecule has 0 saturated carbocycles. The van der Waals surface area contributed by atoms with E-state index in [2.05, 4.69) is 10.4 Å². The number of ether oxygens (including phenoxy) is 1. The summed E-state index contributed by atoms with van der Waals surface area (Å²) in [5, 5.41) is 16.0. The molecule has 0 unspecified atom stereocenters. The van der Waals surface area contributed by atoms with Gasteiger partial charge in [0.2, 0.25) is 0 Å². The fourth-order valence-corrected chi connectivity index (χ4v) is 2.59. The van der Waals surface area contributed by atoms with Crippen LogP contribution in [0.3, 0.4) is 0 Å². The number of aliphatic hydroxyl groups excluding tert-OH is 1. The summed E-state index contributed by atoms with van der Waals surface area (Å²) in [7, 11) is 0. The van der Waals surface area contributed by atoms with Gasteiger partial charge in [-0.2, -0.15) is 5.10 Å². The number of aliphatic hydroxyl groups is 1. The lowest BCUT2D eigenvalue weighted by atomic mass is 10.1. The molecule has 9 heteroatoms. The highest BCUT2D eigenvalue weighted by atomic mass is 19.1. The summed E-state index contributed by atoms with van der Waals surface area (Å²) in [5.41, 5.74) is -0.381. The second-order valence-corrected chi connectivity index (χ2v) is 5.78. The van der Waals surface area contributed by atoms with Crippen molar-refractivity contribution in [1.82, 2.24) is 9.78 Å². The smallest absolute Gasteiger partial charge is 0.359 e. The Morgan fingerprint density at radius 1 is 1.14 bits per heavy atom. The number of carbonyl (C=O) groups is 2. The van der Waals surface area contributed by atoms with Gasteiger partial charge in [0, 0.05) is 11.1 Å². The van der Waals surface area contributed by atoms with Gasteiger partial charge in [0.1, 0.15) is 5.82 Å². The molecule has 2 aromatic carbocycles. The van der Waals surface area contributed by atoms with E-state index in [9.17, 15) is 18.8 Å². The van der Waals surface area contributed by atoms with Crippen LogP contribution in [0.25, 0.3) is 10.8 Å². The number of carbonyl (C=O) groups excluding carboxylic acids is 2. The third-order valence-corrected chi connectivity index (χ3v) is 3.82. The Bertz CT molecular complexity index is 1100. The van der Waals surface area contributed by atoms with Crippen LogP contribution in [0.15, 0.2) is 53.3 Å². The maximum atomic E-state index is 13.1. The molecule has 0 fully saturated rings. The zero-order valence-electron chi connectivity index (χ0n) is 14.6. The maximum Gasteiger partial charge on any atom is 0.359 e. The van der Waals surface area contributed by atoms with Crippen molar-refractivity contribution in [2.75, 3.05) is 18.5 Å². The first-order valence-corrected chi connectivity index (χ1v) is 8.33. The monoisotopic (exact) mass is 385 g/mol. The fourth-order valence-electron chi connectivity index (χ4n) is 2.59. The normalized spacial score (nSPS) is 10.6. The van der Waals surface area contributed by atoms with Crippen molar-refractivity contribution in [1.29, 1.82) is 0 Å². The van der Waals surface area contributed by atoms with Crippen molar-refractivity contribution < 1.29 is 23.8 Å². The van der Waals surface area contributed by atoms with Crippen LogP contribution < -0.4 is 10.9 Å². The molecule has 0 bridgehead atoms. The first-order valence-electron chi connectivity index (χ1n) is 8.33. The molecule has 3 aromatic rings. The van der Waals surface area contributed by atoms with E-state index in [1.807, 2.05) is 0 Å². The average Bonchev–Trinajstić information content (AvgIpc) is 2.68. The Kier molecular flexibility index (Phi) is 5.75. The van der Waals surface area contributed by atoms with Crippen LogP contribution in [0.1, 0.15) is 10.5 Å². The van der Waals surface area contributed by atoms with E-state index in [-0.39, 0.29) is 35.3 Å². The molecule has 0 atom stereocenters. The quantitative estimate of drug-likeness (QED) is 0.620. The summed E-state index contributed by atoms with van der Waals surface area (Å²) in [5.74, 6) is -2.08. The molecular formula is C19H16FN3O5. The SMILES string of the molecule is O=C(COC(=O)c1nn(CCO)c(=O)c2ccccc12)Nc1cccc(F)c1. The van der Waals surface area contributed by atoms with Crippen LogP contribution in [-0.2, 0) is 16.1 Å². The molecule has 0 aliphatic heterocycles. The number of rotatable bonds is 6. The molecule has 1 aromatic heterocycles. The Morgan fingerprint density at radius 3 is 2.61 bits per heavy atom. The first kappa shape index (κ1) is 19.2. The molecule has 0 aliphatic rings. The highest BCUT2D eigenvalue weighted by Crippen LogP contribution is 2.14. The van der Waals surface area contributed by atoms with E-state index >= 15 is 0 Å². The van der Waals surface area contributed by atoms with Gasteiger partial charge in [-0.3, -0.25) is 9.59 Å². The fraction of sp³-hybridized carbons (Fsp3) is 0.158. The van der Waals surface area contributed by atoms with Gasteiger partial charge in [0.25, 0.3) is 11.5 Å². The van der Waals surface area contributed by atoms with Crippen LogP contribution in [0.2, 0.25) is 0 Å². The summed E-state index contributed by atoms with van der Waals surface area (Å²) < 4.78 is 19.1. The van der Waals surface area contributed by atoms with Crippen molar-refractivity contribution in [2.45, 2.75) is 6.54 Å². The molecule has 1 heterocycles. The lowest BCUT2D eigenvalue weighted by molar-refractivity contribution is -0.119. The highest BCUT2D eigenvalue weighted by molar-refractivity contribution is 6.03. The molecule has 0 aliphatic carbocycles. The zero-order chi connectivity index (χ0) is 20.1. The predicted octanol–water partition coefficient (Wildman–Crippen LogP) is 1.32. The second-order valence-electron chi connectivity index (χ2n) is 5.78. The van der Waals surface area contributed by atoms with Gasteiger partial charge in [0.15, 0.2) is 12.3 Å². The maximum absolute atomic E-state index is 13.1. The highest BCUT2D eigenvalue weighted by Gasteiger charge is 2.19. The molecule has 144 valence electrons. The number of hydrogen-bond donors (Lipinski definition) is 2. The van der Waals surface area contributed by atoms with Gasteiger partial charge >= 0.3 is 5.97 Å². The summed E-state index contributed by atoms with van der Waals surface area (Å²) in [6, 6.07) is 11.6. The van der Waals surface area contributed by atoms with E-state index in [1.165, 1.54) is 30.3 Å². The van der Waals surface area contributed by atoms with E-state index in [0.29, 0.717) is 0 Å². The van der Waals surface area contributed by atoms with Gasteiger partial charge in [-0.15, -0.1) is 0 Å². The molecular weight excluding hydrogens is 369 g/mol. The van der Waals surface area contributed by atoms with Crippen LogP contribution in [-0.4, -0.2) is 40.0 Å². The lowest BCUT2D eigenvalue weighted by Gasteiger charge is -2.10. The number of fused-ring (bicyclic) bond motifs is 1. The molecule has 28 heavy (non-hydrogen) atoms. The number of halogens is 1. The molecule has 8 nitrogen and oxygen atoms in total. The molecule has 0 radical (unpaired) electrons. The number of nitrogens with one attached hydrogen (secondary N) is 1. The molecule has 1 amide bonds. The van der Waals surface area contributed by atoms with Gasteiger partial charge in [-0.05, 0) is 24.3 Å². The van der Waals surface area contributed by atoms with E-state index in [0.717, 1.165) is 10.7 Å². The van der Waals surface area contributed by atoms with Gasteiger partial charge in [0.05, 0.1) is 18.5 Å². The van der Waals surface area contributed by atoms with Crippen LogP contribution >= 0.6 is 0 Å². The third kappa shape index (κ3) is 4.21. The molecule has 0 spiro atoms. The van der Waals surface area contributed by atoms with Gasteiger partial charge in [-0.1, -0.05) is 24.3 Å². The Morgan fingerprint density at radius 2 is 1.89 bits per heavy atom. The van der Waals surface area contributed by atoms with Crippen LogP contribution in [0.4, 0.5) is 10.1 Å². The number of aromatic nitrogens is 2. The lowest BCUT2D eigenvalue weighted by Crippen LogP contribution is -2.28. The number of benzene rings is 2. The van der Waals surface area contributed by atoms with Crippen molar-refractivity contribution >= 4 is 28.3 Å². The number of esters is 1. The topological polar surface area (TPSA) is 111 Å². The first-order chi connectivity index (χ1) is 13.5.